The minimum atomic E-state index is -0.0498. The summed E-state index contributed by atoms with van der Waals surface area (Å²) in [6, 6.07) is 7.84. The van der Waals surface area contributed by atoms with E-state index in [1.165, 1.54) is 11.3 Å². The van der Waals surface area contributed by atoms with E-state index in [2.05, 4.69) is 11.4 Å². The van der Waals surface area contributed by atoms with Crippen LogP contribution in [-0.2, 0) is 0 Å². The van der Waals surface area contributed by atoms with Crippen LogP contribution in [0.25, 0.3) is 0 Å². The van der Waals surface area contributed by atoms with Crippen LogP contribution in [0, 0.1) is 13.8 Å². The molecule has 3 heteroatoms. The van der Waals surface area contributed by atoms with Crippen LogP contribution in [0.15, 0.2) is 35.0 Å². The molecular formula is C13H13NOS. The third kappa shape index (κ3) is 2.49. The average Bonchev–Trinajstić information content (AvgIpc) is 2.68. The van der Waals surface area contributed by atoms with Gasteiger partial charge in [0, 0.05) is 11.1 Å². The van der Waals surface area contributed by atoms with Gasteiger partial charge in [-0.25, -0.2) is 0 Å². The molecule has 0 unspecified atom stereocenters. The second kappa shape index (κ2) is 4.49. The highest BCUT2D eigenvalue weighted by Gasteiger charge is 2.06. The summed E-state index contributed by atoms with van der Waals surface area (Å²) in [7, 11) is 0. The number of hydrogen-bond donors (Lipinski definition) is 1. The zero-order chi connectivity index (χ0) is 11.5. The molecule has 0 aliphatic rings. The maximum absolute atomic E-state index is 11.8. The first kappa shape index (κ1) is 10.9. The summed E-state index contributed by atoms with van der Waals surface area (Å²) < 4.78 is 0. The van der Waals surface area contributed by atoms with E-state index in [4.69, 9.17) is 0 Å². The van der Waals surface area contributed by atoms with Crippen LogP contribution in [0.4, 0.5) is 5.69 Å². The fourth-order valence-corrected chi connectivity index (χ4v) is 2.28. The summed E-state index contributed by atoms with van der Waals surface area (Å²) in [5.41, 5.74) is 3.87. The lowest BCUT2D eigenvalue weighted by molar-refractivity contribution is 0.102. The molecule has 1 aromatic carbocycles. The first-order chi connectivity index (χ1) is 7.65. The van der Waals surface area contributed by atoms with Gasteiger partial charge >= 0.3 is 0 Å². The number of carbonyl (C=O) groups is 1. The normalized spacial score (nSPS) is 10.1. The zero-order valence-electron chi connectivity index (χ0n) is 9.28. The SMILES string of the molecule is Cc1cc(C)cc(NC(=O)c2ccsc2)c1. The molecule has 0 radical (unpaired) electrons. The average molecular weight is 231 g/mol. The molecule has 0 aliphatic carbocycles. The number of nitrogens with one attached hydrogen (secondary N) is 1. The lowest BCUT2D eigenvalue weighted by Crippen LogP contribution is -2.10. The first-order valence-electron chi connectivity index (χ1n) is 5.07. The van der Waals surface area contributed by atoms with Crippen molar-refractivity contribution in [1.29, 1.82) is 0 Å². The summed E-state index contributed by atoms with van der Waals surface area (Å²) in [4.78, 5) is 11.8. The fraction of sp³-hybridized carbons (Fsp3) is 0.154. The summed E-state index contributed by atoms with van der Waals surface area (Å²) in [5.74, 6) is -0.0498. The minimum Gasteiger partial charge on any atom is -0.322 e. The van der Waals surface area contributed by atoms with Gasteiger partial charge in [-0.2, -0.15) is 11.3 Å². The molecule has 82 valence electrons. The topological polar surface area (TPSA) is 29.1 Å². The van der Waals surface area contributed by atoms with Crippen molar-refractivity contribution in [3.05, 3.63) is 51.7 Å². The monoisotopic (exact) mass is 231 g/mol. The molecule has 1 heterocycles. The fourth-order valence-electron chi connectivity index (χ4n) is 1.64. The molecule has 16 heavy (non-hydrogen) atoms. The van der Waals surface area contributed by atoms with Gasteiger partial charge in [-0.1, -0.05) is 6.07 Å². The van der Waals surface area contributed by atoms with Crippen molar-refractivity contribution >= 4 is 22.9 Å². The summed E-state index contributed by atoms with van der Waals surface area (Å²) in [5, 5.41) is 6.64. The Morgan fingerprint density at radius 3 is 2.44 bits per heavy atom. The predicted molar refractivity (Wildman–Crippen MR) is 68.2 cm³/mol. The Morgan fingerprint density at radius 2 is 1.88 bits per heavy atom. The van der Waals surface area contributed by atoms with Crippen LogP contribution >= 0.6 is 11.3 Å². The van der Waals surface area contributed by atoms with Gasteiger partial charge in [-0.05, 0) is 48.6 Å². The van der Waals surface area contributed by atoms with Crippen molar-refractivity contribution < 1.29 is 4.79 Å². The molecule has 2 aromatic rings. The highest BCUT2D eigenvalue weighted by Crippen LogP contribution is 2.15. The molecule has 2 rings (SSSR count). The number of amides is 1. The number of anilines is 1. The number of thiophene rings is 1. The van der Waals surface area contributed by atoms with Gasteiger partial charge in [0.15, 0.2) is 0 Å². The Labute approximate surface area is 98.9 Å². The number of benzene rings is 1. The van der Waals surface area contributed by atoms with Gasteiger partial charge in [0.1, 0.15) is 0 Å². The van der Waals surface area contributed by atoms with Crippen molar-refractivity contribution in [3.63, 3.8) is 0 Å². The molecule has 0 atom stereocenters. The smallest absolute Gasteiger partial charge is 0.256 e. The Kier molecular flexibility index (Phi) is 3.06. The predicted octanol–water partition coefficient (Wildman–Crippen LogP) is 3.62. The third-order valence-electron chi connectivity index (χ3n) is 2.26. The van der Waals surface area contributed by atoms with Crippen LogP contribution in [0.3, 0.4) is 0 Å². The lowest BCUT2D eigenvalue weighted by Gasteiger charge is -2.06. The highest BCUT2D eigenvalue weighted by atomic mass is 32.1. The molecule has 1 amide bonds. The van der Waals surface area contributed by atoms with Gasteiger partial charge in [0.2, 0.25) is 0 Å². The number of carbonyl (C=O) groups excluding carboxylic acids is 1. The molecule has 0 saturated heterocycles. The maximum atomic E-state index is 11.8. The Balaban J connectivity index is 2.18. The van der Waals surface area contributed by atoms with Gasteiger partial charge in [-0.3, -0.25) is 4.79 Å². The molecule has 0 spiro atoms. The van der Waals surface area contributed by atoms with Crippen LogP contribution in [-0.4, -0.2) is 5.91 Å². The quantitative estimate of drug-likeness (QED) is 0.840. The third-order valence-corrected chi connectivity index (χ3v) is 2.95. The minimum absolute atomic E-state index is 0.0498. The van der Waals surface area contributed by atoms with Crippen molar-refractivity contribution in [2.75, 3.05) is 5.32 Å². The molecule has 1 N–H and O–H groups in total. The van der Waals surface area contributed by atoms with E-state index < -0.39 is 0 Å². The van der Waals surface area contributed by atoms with Crippen molar-refractivity contribution in [1.82, 2.24) is 0 Å². The van der Waals surface area contributed by atoms with Crippen molar-refractivity contribution in [3.8, 4) is 0 Å². The summed E-state index contributed by atoms with van der Waals surface area (Å²) in [6.45, 7) is 4.04. The lowest BCUT2D eigenvalue weighted by atomic mass is 10.1. The van der Waals surface area contributed by atoms with Crippen LogP contribution < -0.4 is 5.32 Å². The molecule has 2 nitrogen and oxygen atoms in total. The molecule has 1 aromatic heterocycles. The number of aryl methyl sites for hydroxylation is 2. The van der Waals surface area contributed by atoms with Crippen LogP contribution in [0.2, 0.25) is 0 Å². The van der Waals surface area contributed by atoms with Crippen LogP contribution in [0.5, 0.6) is 0 Å². The Morgan fingerprint density at radius 1 is 1.19 bits per heavy atom. The largest absolute Gasteiger partial charge is 0.322 e. The second-order valence-electron chi connectivity index (χ2n) is 3.84. The Hall–Kier alpha value is -1.61. The van der Waals surface area contributed by atoms with Gasteiger partial charge in [0.25, 0.3) is 5.91 Å². The van der Waals surface area contributed by atoms with Crippen molar-refractivity contribution in [2.45, 2.75) is 13.8 Å². The van der Waals surface area contributed by atoms with E-state index in [0.717, 1.165) is 16.8 Å². The van der Waals surface area contributed by atoms with Gasteiger partial charge in [-0.15, -0.1) is 0 Å². The number of hydrogen-bond acceptors (Lipinski definition) is 2. The Bertz CT molecular complexity index is 482. The van der Waals surface area contributed by atoms with E-state index in [-0.39, 0.29) is 5.91 Å². The summed E-state index contributed by atoms with van der Waals surface area (Å²) in [6.07, 6.45) is 0. The summed E-state index contributed by atoms with van der Waals surface area (Å²) >= 11 is 1.52. The molecule has 0 saturated carbocycles. The van der Waals surface area contributed by atoms with E-state index in [9.17, 15) is 4.79 Å². The van der Waals surface area contributed by atoms with Gasteiger partial charge in [0.05, 0.1) is 5.56 Å². The van der Waals surface area contributed by atoms with Gasteiger partial charge < -0.3 is 5.32 Å². The second-order valence-corrected chi connectivity index (χ2v) is 4.62. The number of rotatable bonds is 2. The van der Waals surface area contributed by atoms with E-state index in [1.807, 2.05) is 42.8 Å². The first-order valence-corrected chi connectivity index (χ1v) is 6.01. The highest BCUT2D eigenvalue weighted by molar-refractivity contribution is 7.08. The van der Waals surface area contributed by atoms with E-state index >= 15 is 0 Å². The zero-order valence-corrected chi connectivity index (χ0v) is 10.1. The molecule has 0 aliphatic heterocycles. The molecule has 0 fully saturated rings. The van der Waals surface area contributed by atoms with E-state index in [1.54, 1.807) is 0 Å². The molecule has 0 bridgehead atoms. The van der Waals surface area contributed by atoms with Crippen molar-refractivity contribution in [2.24, 2.45) is 0 Å². The van der Waals surface area contributed by atoms with E-state index in [0.29, 0.717) is 5.56 Å². The standard InChI is InChI=1S/C13H13NOS/c1-9-5-10(2)7-12(6-9)14-13(15)11-3-4-16-8-11/h3-8H,1-2H3,(H,14,15). The maximum Gasteiger partial charge on any atom is 0.256 e. The molecular weight excluding hydrogens is 218 g/mol. The van der Waals surface area contributed by atoms with Crippen LogP contribution in [0.1, 0.15) is 21.5 Å².